The molecule has 3 heterocycles. The van der Waals surface area contributed by atoms with E-state index in [9.17, 15) is 4.79 Å². The third kappa shape index (κ3) is 2.60. The summed E-state index contributed by atoms with van der Waals surface area (Å²) in [6.07, 6.45) is 9.20. The van der Waals surface area contributed by atoms with Crippen LogP contribution in [-0.4, -0.2) is 36.4 Å². The molecule has 5 heteroatoms. The van der Waals surface area contributed by atoms with Gasteiger partial charge in [0.05, 0.1) is 11.9 Å². The summed E-state index contributed by atoms with van der Waals surface area (Å²) >= 11 is 0. The molecular weight excluding hydrogens is 240 g/mol. The predicted octanol–water partition coefficient (Wildman–Crippen LogP) is 1.75. The first kappa shape index (κ1) is 12.5. The number of H-pyrrole nitrogens is 1. The summed E-state index contributed by atoms with van der Waals surface area (Å²) in [6, 6.07) is 0. The van der Waals surface area contributed by atoms with Crippen LogP contribution < -0.4 is 15.4 Å². The number of aromatic nitrogens is 2. The lowest BCUT2D eigenvalue weighted by Gasteiger charge is -2.34. The number of nitrogens with zero attached hydrogens (tertiary/aromatic N) is 3. The fourth-order valence-corrected chi connectivity index (χ4v) is 3.17. The van der Waals surface area contributed by atoms with E-state index in [4.69, 9.17) is 0 Å². The van der Waals surface area contributed by atoms with Crippen LogP contribution in [0.4, 0.5) is 11.4 Å². The number of rotatable bonds is 2. The van der Waals surface area contributed by atoms with E-state index in [1.807, 2.05) is 6.20 Å². The Kier molecular flexibility index (Phi) is 3.71. The molecule has 3 rings (SSSR count). The predicted molar refractivity (Wildman–Crippen MR) is 77.0 cm³/mol. The number of nitrogens with one attached hydrogen (secondary N) is 1. The lowest BCUT2D eigenvalue weighted by Crippen LogP contribution is -2.38. The molecule has 5 nitrogen and oxygen atoms in total. The zero-order valence-electron chi connectivity index (χ0n) is 11.4. The van der Waals surface area contributed by atoms with E-state index in [0.717, 1.165) is 37.6 Å². The van der Waals surface area contributed by atoms with Gasteiger partial charge in [0.15, 0.2) is 0 Å². The van der Waals surface area contributed by atoms with E-state index in [1.165, 1.54) is 38.5 Å². The van der Waals surface area contributed by atoms with Crippen molar-refractivity contribution >= 4 is 11.4 Å². The van der Waals surface area contributed by atoms with Crippen LogP contribution in [0.2, 0.25) is 0 Å². The third-order valence-electron chi connectivity index (χ3n) is 4.18. The van der Waals surface area contributed by atoms with Crippen LogP contribution in [0.15, 0.2) is 11.0 Å². The highest BCUT2D eigenvalue weighted by atomic mass is 16.1. The van der Waals surface area contributed by atoms with E-state index >= 15 is 0 Å². The Morgan fingerprint density at radius 1 is 0.895 bits per heavy atom. The maximum atomic E-state index is 12.2. The molecule has 2 aliphatic rings. The summed E-state index contributed by atoms with van der Waals surface area (Å²) in [5.41, 5.74) is 1.84. The largest absolute Gasteiger partial charge is 0.368 e. The lowest BCUT2D eigenvalue weighted by atomic mass is 10.1. The molecule has 0 amide bonds. The smallest absolute Gasteiger partial charge is 0.289 e. The average Bonchev–Trinajstić information content (AvgIpc) is 2.49. The topological polar surface area (TPSA) is 52.2 Å². The van der Waals surface area contributed by atoms with Crippen LogP contribution in [0.25, 0.3) is 0 Å². The Balaban J connectivity index is 1.94. The number of piperidine rings is 2. The van der Waals surface area contributed by atoms with Gasteiger partial charge in [-0.3, -0.25) is 4.79 Å². The molecule has 0 aliphatic carbocycles. The minimum absolute atomic E-state index is 0.0371. The maximum Gasteiger partial charge on any atom is 0.289 e. The third-order valence-corrected chi connectivity index (χ3v) is 4.18. The van der Waals surface area contributed by atoms with Crippen molar-refractivity contribution in [1.29, 1.82) is 0 Å². The maximum absolute atomic E-state index is 12.2. The zero-order chi connectivity index (χ0) is 13.1. The minimum atomic E-state index is -0.0371. The van der Waals surface area contributed by atoms with E-state index in [1.54, 1.807) is 0 Å². The molecule has 2 fully saturated rings. The first-order valence-corrected chi connectivity index (χ1v) is 7.44. The molecule has 0 unspecified atom stereocenters. The van der Waals surface area contributed by atoms with Crippen LogP contribution in [0.5, 0.6) is 0 Å². The Morgan fingerprint density at radius 2 is 1.47 bits per heavy atom. The molecule has 0 spiro atoms. The second kappa shape index (κ2) is 5.63. The van der Waals surface area contributed by atoms with Crippen molar-refractivity contribution in [2.45, 2.75) is 38.5 Å². The molecule has 1 N–H and O–H groups in total. The molecule has 2 saturated heterocycles. The summed E-state index contributed by atoms with van der Waals surface area (Å²) in [6.45, 7) is 4.08. The quantitative estimate of drug-likeness (QED) is 0.882. The van der Waals surface area contributed by atoms with Crippen molar-refractivity contribution in [2.24, 2.45) is 0 Å². The van der Waals surface area contributed by atoms with Crippen molar-refractivity contribution in [3.8, 4) is 0 Å². The van der Waals surface area contributed by atoms with Crippen LogP contribution in [-0.2, 0) is 0 Å². The van der Waals surface area contributed by atoms with Crippen LogP contribution in [0, 0.1) is 0 Å². The number of aromatic amines is 1. The summed E-state index contributed by atoms with van der Waals surface area (Å²) in [4.78, 5) is 16.8. The van der Waals surface area contributed by atoms with E-state index < -0.39 is 0 Å². The number of anilines is 2. The summed E-state index contributed by atoms with van der Waals surface area (Å²) < 4.78 is 0. The fraction of sp³-hybridized carbons (Fsp3) is 0.714. The van der Waals surface area contributed by atoms with Gasteiger partial charge in [0.2, 0.25) is 0 Å². The zero-order valence-corrected chi connectivity index (χ0v) is 11.4. The fourth-order valence-electron chi connectivity index (χ4n) is 3.17. The molecule has 0 bridgehead atoms. The van der Waals surface area contributed by atoms with Gasteiger partial charge in [-0.2, -0.15) is 5.10 Å². The summed E-state index contributed by atoms with van der Waals surface area (Å²) in [5.74, 6) is 0. The summed E-state index contributed by atoms with van der Waals surface area (Å²) in [7, 11) is 0. The minimum Gasteiger partial charge on any atom is -0.368 e. The van der Waals surface area contributed by atoms with Gasteiger partial charge in [0.1, 0.15) is 5.69 Å². The average molecular weight is 262 g/mol. The van der Waals surface area contributed by atoms with E-state index in [-0.39, 0.29) is 5.56 Å². The molecule has 0 aromatic carbocycles. The Morgan fingerprint density at radius 3 is 2.11 bits per heavy atom. The van der Waals surface area contributed by atoms with Gasteiger partial charge in [-0.25, -0.2) is 5.10 Å². The molecule has 0 saturated carbocycles. The van der Waals surface area contributed by atoms with Gasteiger partial charge in [0.25, 0.3) is 5.56 Å². The molecule has 0 radical (unpaired) electrons. The summed E-state index contributed by atoms with van der Waals surface area (Å²) in [5, 5.41) is 6.61. The number of hydrogen-bond acceptors (Lipinski definition) is 4. The molecule has 1 aromatic heterocycles. The van der Waals surface area contributed by atoms with E-state index in [2.05, 4.69) is 20.0 Å². The molecular formula is C14H22N4O. The van der Waals surface area contributed by atoms with Gasteiger partial charge < -0.3 is 9.80 Å². The van der Waals surface area contributed by atoms with Crippen LogP contribution in [0.3, 0.4) is 0 Å². The van der Waals surface area contributed by atoms with Gasteiger partial charge in [-0.1, -0.05) is 0 Å². The van der Waals surface area contributed by atoms with Crippen molar-refractivity contribution in [3.05, 3.63) is 16.6 Å². The molecule has 2 aliphatic heterocycles. The van der Waals surface area contributed by atoms with Crippen molar-refractivity contribution in [2.75, 3.05) is 36.0 Å². The SMILES string of the molecule is O=c1[nH]ncc(N2CCCCC2)c1N1CCCCC1. The highest BCUT2D eigenvalue weighted by molar-refractivity contribution is 5.69. The number of hydrogen-bond donors (Lipinski definition) is 1. The van der Waals surface area contributed by atoms with Crippen LogP contribution in [0.1, 0.15) is 38.5 Å². The van der Waals surface area contributed by atoms with Crippen molar-refractivity contribution in [3.63, 3.8) is 0 Å². The molecule has 1 aromatic rings. The standard InChI is InChI=1S/C14H22N4O/c19-14-13(18-9-5-2-6-10-18)12(11-15-16-14)17-7-3-1-4-8-17/h11H,1-10H2,(H,16,19). The first-order chi connectivity index (χ1) is 9.36. The highest BCUT2D eigenvalue weighted by Gasteiger charge is 2.22. The van der Waals surface area contributed by atoms with Crippen molar-refractivity contribution < 1.29 is 0 Å². The molecule has 0 atom stereocenters. The molecule has 19 heavy (non-hydrogen) atoms. The highest BCUT2D eigenvalue weighted by Crippen LogP contribution is 2.28. The Hall–Kier alpha value is -1.52. The van der Waals surface area contributed by atoms with Gasteiger partial charge in [0, 0.05) is 26.2 Å². The monoisotopic (exact) mass is 262 g/mol. The van der Waals surface area contributed by atoms with Crippen LogP contribution >= 0.6 is 0 Å². The molecule has 104 valence electrons. The normalized spacial score (nSPS) is 20.6. The second-order valence-electron chi connectivity index (χ2n) is 5.53. The van der Waals surface area contributed by atoms with Gasteiger partial charge in [-0.15, -0.1) is 0 Å². The van der Waals surface area contributed by atoms with Crippen molar-refractivity contribution in [1.82, 2.24) is 10.2 Å². The van der Waals surface area contributed by atoms with E-state index in [0.29, 0.717) is 0 Å². The Bertz CT molecular complexity index is 473. The first-order valence-electron chi connectivity index (χ1n) is 7.44. The lowest BCUT2D eigenvalue weighted by molar-refractivity contribution is 0.562. The Labute approximate surface area is 113 Å². The second-order valence-corrected chi connectivity index (χ2v) is 5.53. The van der Waals surface area contributed by atoms with Gasteiger partial charge >= 0.3 is 0 Å². The van der Waals surface area contributed by atoms with Gasteiger partial charge in [-0.05, 0) is 38.5 Å².